The minimum atomic E-state index is 0.365. The summed E-state index contributed by atoms with van der Waals surface area (Å²) in [4.78, 5) is 5.63. The van der Waals surface area contributed by atoms with E-state index in [0.717, 1.165) is 23.9 Å². The van der Waals surface area contributed by atoms with E-state index < -0.39 is 0 Å². The molecule has 3 unspecified atom stereocenters. The molecule has 3 atom stereocenters. The lowest BCUT2D eigenvalue weighted by Crippen LogP contribution is -2.53. The molecule has 21 heavy (non-hydrogen) atoms. The molecule has 1 saturated carbocycles. The monoisotopic (exact) mass is 292 g/mol. The lowest BCUT2D eigenvalue weighted by molar-refractivity contribution is 0.0239. The summed E-state index contributed by atoms with van der Waals surface area (Å²) in [6.45, 7) is 18.5. The van der Waals surface area contributed by atoms with Crippen LogP contribution in [-0.2, 0) is 0 Å². The minimum absolute atomic E-state index is 0.365. The highest BCUT2D eigenvalue weighted by Gasteiger charge is 2.49. The Hall–Kier alpha value is -0.0800. The first-order chi connectivity index (χ1) is 9.66. The molecular formula is C19H36N2. The Kier molecular flexibility index (Phi) is 3.94. The van der Waals surface area contributed by atoms with E-state index in [1.165, 1.54) is 45.3 Å². The summed E-state index contributed by atoms with van der Waals surface area (Å²) in [6, 6.07) is 1.76. The Balaban J connectivity index is 1.56. The molecule has 1 aliphatic carbocycles. The van der Waals surface area contributed by atoms with Gasteiger partial charge in [-0.25, -0.2) is 0 Å². The summed E-state index contributed by atoms with van der Waals surface area (Å²) in [5.74, 6) is 1.87. The summed E-state index contributed by atoms with van der Waals surface area (Å²) < 4.78 is 0. The SMILES string of the molecule is CC(C)(C)C1CCN(C2CC3CC2CN3C(C)(C)C)CC1. The number of hydrogen-bond donors (Lipinski definition) is 0. The topological polar surface area (TPSA) is 6.48 Å². The third kappa shape index (κ3) is 3.03. The largest absolute Gasteiger partial charge is 0.300 e. The third-order valence-electron chi connectivity index (χ3n) is 6.59. The fourth-order valence-electron chi connectivity index (χ4n) is 5.29. The lowest BCUT2D eigenvalue weighted by Gasteiger charge is -2.46. The van der Waals surface area contributed by atoms with Crippen LogP contribution in [0.25, 0.3) is 0 Å². The summed E-state index contributed by atoms with van der Waals surface area (Å²) in [6.07, 6.45) is 5.73. The fourth-order valence-corrected chi connectivity index (χ4v) is 5.29. The molecule has 2 heteroatoms. The Morgan fingerprint density at radius 3 is 1.90 bits per heavy atom. The fraction of sp³-hybridized carbons (Fsp3) is 1.00. The Bertz CT molecular complexity index is 368. The van der Waals surface area contributed by atoms with Crippen LogP contribution in [0.15, 0.2) is 0 Å². The van der Waals surface area contributed by atoms with Gasteiger partial charge >= 0.3 is 0 Å². The number of hydrogen-bond acceptors (Lipinski definition) is 2. The van der Waals surface area contributed by atoms with Gasteiger partial charge in [0.25, 0.3) is 0 Å². The first kappa shape index (κ1) is 15.8. The molecule has 0 amide bonds. The van der Waals surface area contributed by atoms with Crippen LogP contribution in [0.5, 0.6) is 0 Å². The van der Waals surface area contributed by atoms with Crippen molar-refractivity contribution in [2.24, 2.45) is 17.3 Å². The Morgan fingerprint density at radius 1 is 0.857 bits per heavy atom. The molecule has 0 aromatic heterocycles. The van der Waals surface area contributed by atoms with E-state index in [0.29, 0.717) is 11.0 Å². The van der Waals surface area contributed by atoms with Crippen LogP contribution in [0, 0.1) is 17.3 Å². The van der Waals surface area contributed by atoms with Crippen molar-refractivity contribution in [1.29, 1.82) is 0 Å². The second kappa shape index (κ2) is 5.23. The van der Waals surface area contributed by atoms with Gasteiger partial charge in [-0.05, 0) is 76.8 Å². The maximum absolute atomic E-state index is 2.85. The summed E-state index contributed by atoms with van der Waals surface area (Å²) in [7, 11) is 0. The molecule has 3 aliphatic rings. The molecule has 3 fully saturated rings. The average Bonchev–Trinajstić information content (AvgIpc) is 2.96. The molecule has 0 aromatic carbocycles. The minimum Gasteiger partial charge on any atom is -0.300 e. The van der Waals surface area contributed by atoms with Crippen LogP contribution in [0.2, 0.25) is 0 Å². The van der Waals surface area contributed by atoms with Crippen LogP contribution in [0.3, 0.4) is 0 Å². The molecule has 0 radical (unpaired) electrons. The Labute approximate surface area is 132 Å². The summed E-state index contributed by atoms with van der Waals surface area (Å²) in [5.41, 5.74) is 0.868. The van der Waals surface area contributed by atoms with Crippen molar-refractivity contribution in [3.63, 3.8) is 0 Å². The van der Waals surface area contributed by atoms with Gasteiger partial charge in [-0.3, -0.25) is 9.80 Å². The number of nitrogens with zero attached hydrogens (tertiary/aromatic N) is 2. The van der Waals surface area contributed by atoms with Crippen molar-refractivity contribution in [2.45, 2.75) is 84.8 Å². The highest BCUT2D eigenvalue weighted by atomic mass is 15.3. The second-order valence-electron chi connectivity index (χ2n) is 9.95. The van der Waals surface area contributed by atoms with Gasteiger partial charge in [0.05, 0.1) is 0 Å². The van der Waals surface area contributed by atoms with Crippen LogP contribution in [0.4, 0.5) is 0 Å². The van der Waals surface area contributed by atoms with Crippen molar-refractivity contribution in [3.8, 4) is 0 Å². The van der Waals surface area contributed by atoms with Gasteiger partial charge in [0, 0.05) is 24.2 Å². The summed E-state index contributed by atoms with van der Waals surface area (Å²) in [5, 5.41) is 0. The Morgan fingerprint density at radius 2 is 1.48 bits per heavy atom. The van der Waals surface area contributed by atoms with E-state index in [-0.39, 0.29) is 0 Å². The van der Waals surface area contributed by atoms with E-state index in [1.54, 1.807) is 0 Å². The van der Waals surface area contributed by atoms with Crippen molar-refractivity contribution < 1.29 is 0 Å². The summed E-state index contributed by atoms with van der Waals surface area (Å²) >= 11 is 0. The van der Waals surface area contributed by atoms with Gasteiger partial charge in [-0.15, -0.1) is 0 Å². The predicted octanol–water partition coefficient (Wildman–Crippen LogP) is 4.01. The molecule has 2 bridgehead atoms. The van der Waals surface area contributed by atoms with Crippen molar-refractivity contribution in [3.05, 3.63) is 0 Å². The van der Waals surface area contributed by atoms with Crippen molar-refractivity contribution in [1.82, 2.24) is 9.80 Å². The zero-order valence-corrected chi connectivity index (χ0v) is 15.2. The smallest absolute Gasteiger partial charge is 0.0151 e. The molecule has 122 valence electrons. The molecule has 2 aliphatic heterocycles. The van der Waals surface area contributed by atoms with Crippen LogP contribution in [-0.4, -0.2) is 47.1 Å². The zero-order valence-electron chi connectivity index (χ0n) is 15.2. The highest BCUT2D eigenvalue weighted by Crippen LogP contribution is 2.45. The van der Waals surface area contributed by atoms with E-state index in [2.05, 4.69) is 51.3 Å². The molecule has 2 nitrogen and oxygen atoms in total. The van der Waals surface area contributed by atoms with E-state index in [4.69, 9.17) is 0 Å². The number of likely N-dealkylation sites (tertiary alicyclic amines) is 2. The molecule has 0 aromatic rings. The highest BCUT2D eigenvalue weighted by molar-refractivity contribution is 5.05. The van der Waals surface area contributed by atoms with Crippen LogP contribution >= 0.6 is 0 Å². The maximum Gasteiger partial charge on any atom is 0.0151 e. The number of fused-ring (bicyclic) bond motifs is 2. The molecule has 2 saturated heterocycles. The average molecular weight is 293 g/mol. The number of rotatable bonds is 1. The van der Waals surface area contributed by atoms with E-state index in [9.17, 15) is 0 Å². The van der Waals surface area contributed by atoms with Crippen LogP contribution < -0.4 is 0 Å². The van der Waals surface area contributed by atoms with Crippen molar-refractivity contribution in [2.75, 3.05) is 19.6 Å². The van der Waals surface area contributed by atoms with E-state index in [1.807, 2.05) is 0 Å². The lowest BCUT2D eigenvalue weighted by atomic mass is 9.75. The second-order valence-corrected chi connectivity index (χ2v) is 9.95. The molecular weight excluding hydrogens is 256 g/mol. The van der Waals surface area contributed by atoms with Gasteiger partial charge in [0.15, 0.2) is 0 Å². The van der Waals surface area contributed by atoms with Gasteiger partial charge in [0.2, 0.25) is 0 Å². The maximum atomic E-state index is 2.85. The first-order valence-corrected chi connectivity index (χ1v) is 9.17. The molecule has 2 heterocycles. The molecule has 0 spiro atoms. The van der Waals surface area contributed by atoms with Crippen molar-refractivity contribution >= 4 is 0 Å². The molecule has 3 rings (SSSR count). The van der Waals surface area contributed by atoms with Gasteiger partial charge in [-0.1, -0.05) is 20.8 Å². The zero-order chi connectivity index (χ0) is 15.4. The van der Waals surface area contributed by atoms with Gasteiger partial charge in [0.1, 0.15) is 0 Å². The van der Waals surface area contributed by atoms with Gasteiger partial charge < -0.3 is 0 Å². The first-order valence-electron chi connectivity index (χ1n) is 9.17. The third-order valence-corrected chi connectivity index (χ3v) is 6.59. The normalized spacial score (nSPS) is 36.6. The van der Waals surface area contributed by atoms with Gasteiger partial charge in [-0.2, -0.15) is 0 Å². The standard InChI is InChI=1S/C19H36N2/c1-18(2,3)15-7-9-20(10-8-15)17-12-16-11-14(17)13-21(16)19(4,5)6/h14-17H,7-13H2,1-6H3. The molecule has 0 N–H and O–H groups in total. The number of piperidine rings is 2. The predicted molar refractivity (Wildman–Crippen MR) is 90.5 cm³/mol. The quantitative estimate of drug-likeness (QED) is 0.720. The van der Waals surface area contributed by atoms with Crippen LogP contribution in [0.1, 0.15) is 67.2 Å². The van der Waals surface area contributed by atoms with E-state index >= 15 is 0 Å².